The summed E-state index contributed by atoms with van der Waals surface area (Å²) in [6.07, 6.45) is 1.88. The van der Waals surface area contributed by atoms with Crippen molar-refractivity contribution in [1.29, 1.82) is 0 Å². The van der Waals surface area contributed by atoms with E-state index < -0.39 is 30.3 Å². The van der Waals surface area contributed by atoms with E-state index in [2.05, 4.69) is 10.6 Å². The van der Waals surface area contributed by atoms with Crippen molar-refractivity contribution in [3.63, 3.8) is 0 Å². The van der Waals surface area contributed by atoms with E-state index in [-0.39, 0.29) is 23.4 Å². The Hall–Kier alpha value is -2.44. The topological polar surface area (TPSA) is 84.5 Å². The number of benzene rings is 1. The highest BCUT2D eigenvalue weighted by molar-refractivity contribution is 5.97. The first-order valence-electron chi connectivity index (χ1n) is 7.90. The molecule has 2 N–H and O–H groups in total. The van der Waals surface area contributed by atoms with Gasteiger partial charge in [0, 0.05) is 6.04 Å². The van der Waals surface area contributed by atoms with E-state index in [1.54, 1.807) is 13.8 Å². The van der Waals surface area contributed by atoms with Gasteiger partial charge in [-0.25, -0.2) is 9.18 Å². The van der Waals surface area contributed by atoms with Crippen LogP contribution in [0.1, 0.15) is 37.0 Å². The quantitative estimate of drug-likeness (QED) is 0.737. The third-order valence-corrected chi connectivity index (χ3v) is 3.61. The van der Waals surface area contributed by atoms with Crippen LogP contribution in [0.15, 0.2) is 24.3 Å². The Morgan fingerprint density at radius 2 is 1.92 bits per heavy atom. The molecular weight excluding hydrogens is 315 g/mol. The molecule has 1 fully saturated rings. The number of carbonyl (C=O) groups excluding carboxylic acids is 3. The summed E-state index contributed by atoms with van der Waals surface area (Å²) in [5, 5.41) is 5.16. The first-order chi connectivity index (χ1) is 11.4. The Kier molecular flexibility index (Phi) is 5.89. The molecule has 0 bridgehead atoms. The molecule has 2 amide bonds. The van der Waals surface area contributed by atoms with Crippen LogP contribution in [0, 0.1) is 11.7 Å². The fourth-order valence-electron chi connectivity index (χ4n) is 2.09. The van der Waals surface area contributed by atoms with E-state index in [1.807, 2.05) is 0 Å². The van der Waals surface area contributed by atoms with Gasteiger partial charge in [-0.3, -0.25) is 9.59 Å². The summed E-state index contributed by atoms with van der Waals surface area (Å²) < 4.78 is 18.6. The summed E-state index contributed by atoms with van der Waals surface area (Å²) in [4.78, 5) is 35.8. The van der Waals surface area contributed by atoms with Crippen molar-refractivity contribution >= 4 is 17.8 Å². The number of amides is 2. The Morgan fingerprint density at radius 3 is 2.50 bits per heavy atom. The molecule has 1 saturated carbocycles. The zero-order valence-corrected chi connectivity index (χ0v) is 13.7. The van der Waals surface area contributed by atoms with Crippen LogP contribution >= 0.6 is 0 Å². The first-order valence-corrected chi connectivity index (χ1v) is 7.90. The van der Waals surface area contributed by atoms with E-state index in [4.69, 9.17) is 4.74 Å². The van der Waals surface area contributed by atoms with Gasteiger partial charge in [0.2, 0.25) is 0 Å². The molecule has 1 atom stereocenters. The van der Waals surface area contributed by atoms with E-state index in [1.165, 1.54) is 24.3 Å². The Labute approximate surface area is 139 Å². The second-order valence-electron chi connectivity index (χ2n) is 6.12. The van der Waals surface area contributed by atoms with E-state index in [0.717, 1.165) is 12.8 Å². The zero-order valence-electron chi connectivity index (χ0n) is 13.7. The van der Waals surface area contributed by atoms with Gasteiger partial charge >= 0.3 is 5.97 Å². The molecular formula is C17H21FN2O4. The Morgan fingerprint density at radius 1 is 1.25 bits per heavy atom. The minimum absolute atomic E-state index is 0.151. The standard InChI is InChI=1S/C17H21FN2O4/c1-10(2)15(17(23)24-9-14(21)19-11-7-8-11)20-16(22)12-5-3-4-6-13(12)18/h3-6,10-11,15H,7-9H2,1-2H3,(H,19,21)(H,20,22)/t15-/m1/s1. The van der Waals surface area contributed by atoms with Gasteiger partial charge in [-0.15, -0.1) is 0 Å². The van der Waals surface area contributed by atoms with Crippen LogP contribution in [-0.4, -0.2) is 36.5 Å². The van der Waals surface area contributed by atoms with Gasteiger partial charge < -0.3 is 15.4 Å². The summed E-state index contributed by atoms with van der Waals surface area (Å²) in [7, 11) is 0. The molecule has 24 heavy (non-hydrogen) atoms. The van der Waals surface area contributed by atoms with Gasteiger partial charge in [0.05, 0.1) is 5.56 Å². The number of hydrogen-bond donors (Lipinski definition) is 2. The molecule has 1 aromatic carbocycles. The molecule has 0 aromatic heterocycles. The second-order valence-corrected chi connectivity index (χ2v) is 6.12. The van der Waals surface area contributed by atoms with Crippen LogP contribution in [0.2, 0.25) is 0 Å². The molecule has 2 rings (SSSR count). The van der Waals surface area contributed by atoms with Crippen molar-refractivity contribution in [3.05, 3.63) is 35.6 Å². The summed E-state index contributed by atoms with van der Waals surface area (Å²) in [5.41, 5.74) is -0.151. The third kappa shape index (κ3) is 5.04. The monoisotopic (exact) mass is 336 g/mol. The van der Waals surface area contributed by atoms with Gasteiger partial charge in [0.1, 0.15) is 11.9 Å². The molecule has 0 heterocycles. The molecule has 130 valence electrons. The highest BCUT2D eigenvalue weighted by Gasteiger charge is 2.28. The largest absolute Gasteiger partial charge is 0.454 e. The number of hydrogen-bond acceptors (Lipinski definition) is 4. The van der Waals surface area contributed by atoms with Crippen LogP contribution in [-0.2, 0) is 14.3 Å². The number of nitrogens with one attached hydrogen (secondary N) is 2. The van der Waals surface area contributed by atoms with Crippen molar-refractivity contribution in [2.75, 3.05) is 6.61 Å². The molecule has 0 spiro atoms. The van der Waals surface area contributed by atoms with Crippen molar-refractivity contribution in [2.45, 2.75) is 38.8 Å². The van der Waals surface area contributed by atoms with Gasteiger partial charge in [0.15, 0.2) is 6.61 Å². The van der Waals surface area contributed by atoms with E-state index >= 15 is 0 Å². The van der Waals surface area contributed by atoms with Crippen molar-refractivity contribution in [2.24, 2.45) is 5.92 Å². The zero-order chi connectivity index (χ0) is 17.7. The molecule has 0 saturated heterocycles. The Bertz CT molecular complexity index is 629. The second kappa shape index (κ2) is 7.90. The van der Waals surface area contributed by atoms with Crippen LogP contribution in [0.3, 0.4) is 0 Å². The van der Waals surface area contributed by atoms with Crippen LogP contribution in [0.25, 0.3) is 0 Å². The predicted molar refractivity (Wildman–Crippen MR) is 84.6 cm³/mol. The van der Waals surface area contributed by atoms with Crippen LogP contribution < -0.4 is 10.6 Å². The maximum Gasteiger partial charge on any atom is 0.329 e. The lowest BCUT2D eigenvalue weighted by atomic mass is 10.0. The third-order valence-electron chi connectivity index (χ3n) is 3.61. The van der Waals surface area contributed by atoms with Crippen molar-refractivity contribution in [1.82, 2.24) is 10.6 Å². The molecule has 0 radical (unpaired) electrons. The minimum atomic E-state index is -0.967. The van der Waals surface area contributed by atoms with Crippen molar-refractivity contribution in [3.8, 4) is 0 Å². The number of rotatable bonds is 7. The summed E-state index contributed by atoms with van der Waals surface area (Å²) in [6, 6.07) is 4.71. The van der Waals surface area contributed by atoms with Crippen LogP contribution in [0.4, 0.5) is 4.39 Å². The van der Waals surface area contributed by atoms with E-state index in [9.17, 15) is 18.8 Å². The molecule has 7 heteroatoms. The number of halogens is 1. The number of esters is 1. The fourth-order valence-corrected chi connectivity index (χ4v) is 2.09. The lowest BCUT2D eigenvalue weighted by Gasteiger charge is -2.21. The smallest absolute Gasteiger partial charge is 0.329 e. The lowest BCUT2D eigenvalue weighted by molar-refractivity contribution is -0.151. The highest BCUT2D eigenvalue weighted by Crippen LogP contribution is 2.18. The molecule has 6 nitrogen and oxygen atoms in total. The SMILES string of the molecule is CC(C)[C@@H](NC(=O)c1ccccc1F)C(=O)OCC(=O)NC1CC1. The maximum absolute atomic E-state index is 13.6. The maximum atomic E-state index is 13.6. The summed E-state index contributed by atoms with van der Waals surface area (Å²) in [6.45, 7) is 3.05. The minimum Gasteiger partial charge on any atom is -0.454 e. The average Bonchev–Trinajstić information content (AvgIpc) is 3.34. The molecule has 1 aliphatic rings. The predicted octanol–water partition coefficient (Wildman–Crippen LogP) is 1.40. The number of ether oxygens (including phenoxy) is 1. The fraction of sp³-hybridized carbons (Fsp3) is 0.471. The molecule has 0 aliphatic heterocycles. The lowest BCUT2D eigenvalue weighted by Crippen LogP contribution is -2.46. The first kappa shape index (κ1) is 17.9. The normalized spacial score (nSPS) is 14.8. The number of carbonyl (C=O) groups is 3. The average molecular weight is 336 g/mol. The highest BCUT2D eigenvalue weighted by atomic mass is 19.1. The summed E-state index contributed by atoms with van der Waals surface area (Å²) >= 11 is 0. The Balaban J connectivity index is 1.92. The van der Waals surface area contributed by atoms with E-state index in [0.29, 0.717) is 0 Å². The molecule has 1 aliphatic carbocycles. The van der Waals surface area contributed by atoms with Gasteiger partial charge in [-0.1, -0.05) is 26.0 Å². The van der Waals surface area contributed by atoms with Gasteiger partial charge in [-0.2, -0.15) is 0 Å². The molecule has 0 unspecified atom stereocenters. The molecule has 1 aromatic rings. The summed E-state index contributed by atoms with van der Waals surface area (Å²) in [5.74, 6) is -2.74. The van der Waals surface area contributed by atoms with Crippen molar-refractivity contribution < 1.29 is 23.5 Å². The van der Waals surface area contributed by atoms with Crippen LogP contribution in [0.5, 0.6) is 0 Å². The van der Waals surface area contributed by atoms with Gasteiger partial charge in [-0.05, 0) is 30.9 Å². The van der Waals surface area contributed by atoms with Gasteiger partial charge in [0.25, 0.3) is 11.8 Å².